The molecule has 0 amide bonds. The molecule has 1 aliphatic heterocycles. The van der Waals surface area contributed by atoms with Crippen molar-refractivity contribution >= 4 is 34.2 Å². The molecule has 8 heteroatoms. The first-order valence-corrected chi connectivity index (χ1v) is 11.3. The summed E-state index contributed by atoms with van der Waals surface area (Å²) in [5.41, 5.74) is 4.08. The molecule has 162 valence electrons. The predicted octanol–water partition coefficient (Wildman–Crippen LogP) is 4.37. The topological polar surface area (TPSA) is 68.2 Å². The molecule has 0 spiro atoms. The van der Waals surface area contributed by atoms with E-state index in [-0.39, 0.29) is 5.82 Å². The minimum Gasteiger partial charge on any atom is -0.378 e. The van der Waals surface area contributed by atoms with Gasteiger partial charge in [-0.1, -0.05) is 0 Å². The van der Waals surface area contributed by atoms with E-state index in [0.717, 1.165) is 41.5 Å². The summed E-state index contributed by atoms with van der Waals surface area (Å²) < 4.78 is 20.6. The van der Waals surface area contributed by atoms with Crippen LogP contribution in [-0.2, 0) is 9.53 Å². The highest BCUT2D eigenvalue weighted by atomic mass is 32.1. The molecular formula is C24H21FN4O2S. The molecule has 1 fully saturated rings. The molecule has 1 aliphatic rings. The van der Waals surface area contributed by atoms with E-state index in [4.69, 9.17) is 4.74 Å². The van der Waals surface area contributed by atoms with Crippen molar-refractivity contribution in [2.75, 3.05) is 31.2 Å². The molecule has 5 rings (SSSR count). The highest BCUT2D eigenvalue weighted by Crippen LogP contribution is 2.35. The Morgan fingerprint density at radius 3 is 2.75 bits per heavy atom. The number of carbonyl (C=O) groups is 1. The fourth-order valence-corrected chi connectivity index (χ4v) is 4.85. The van der Waals surface area contributed by atoms with Crippen molar-refractivity contribution in [3.05, 3.63) is 70.2 Å². The second-order valence-electron chi connectivity index (χ2n) is 7.70. The van der Waals surface area contributed by atoms with Crippen LogP contribution in [-0.4, -0.2) is 47.5 Å². The number of hydrogen-bond donors (Lipinski definition) is 0. The van der Waals surface area contributed by atoms with Gasteiger partial charge in [0.15, 0.2) is 0 Å². The minimum absolute atomic E-state index is 0.348. The zero-order chi connectivity index (χ0) is 22.1. The van der Waals surface area contributed by atoms with Crippen LogP contribution in [0.15, 0.2) is 48.2 Å². The number of morpholine rings is 1. The molecule has 1 saturated heterocycles. The Balaban J connectivity index is 1.61. The highest BCUT2D eigenvalue weighted by molar-refractivity contribution is 7.09. The Morgan fingerprint density at radius 1 is 1.16 bits per heavy atom. The van der Waals surface area contributed by atoms with E-state index in [9.17, 15) is 4.79 Å². The van der Waals surface area contributed by atoms with E-state index in [2.05, 4.69) is 19.9 Å². The van der Waals surface area contributed by atoms with Crippen molar-refractivity contribution in [1.29, 1.82) is 0 Å². The summed E-state index contributed by atoms with van der Waals surface area (Å²) in [6, 6.07) is 9.14. The van der Waals surface area contributed by atoms with Crippen molar-refractivity contribution in [2.24, 2.45) is 0 Å². The maximum absolute atomic E-state index is 15.1. The van der Waals surface area contributed by atoms with Crippen molar-refractivity contribution in [1.82, 2.24) is 15.0 Å². The van der Waals surface area contributed by atoms with Gasteiger partial charge in [0.25, 0.3) is 0 Å². The molecule has 32 heavy (non-hydrogen) atoms. The van der Waals surface area contributed by atoms with Gasteiger partial charge in [0, 0.05) is 41.3 Å². The first-order chi connectivity index (χ1) is 15.7. The number of fused-ring (bicyclic) bond motifs is 1. The van der Waals surface area contributed by atoms with Crippen LogP contribution in [0.4, 0.5) is 10.1 Å². The summed E-state index contributed by atoms with van der Waals surface area (Å²) in [5, 5.41) is 3.27. The molecule has 2 aromatic carbocycles. The summed E-state index contributed by atoms with van der Waals surface area (Å²) in [4.78, 5) is 27.3. The van der Waals surface area contributed by atoms with Crippen LogP contribution in [0.1, 0.15) is 22.1 Å². The normalized spacial score (nSPS) is 15.1. The number of benzene rings is 2. The Morgan fingerprint density at radius 2 is 2.00 bits per heavy atom. The fraction of sp³-hybridized carbons (Fsp3) is 0.250. The van der Waals surface area contributed by atoms with Crippen LogP contribution in [0.3, 0.4) is 0 Å². The lowest BCUT2D eigenvalue weighted by Gasteiger charge is -2.29. The summed E-state index contributed by atoms with van der Waals surface area (Å²) >= 11 is 1.41. The van der Waals surface area contributed by atoms with Gasteiger partial charge in [-0.15, -0.1) is 11.3 Å². The maximum Gasteiger partial charge on any atom is 0.134 e. The zero-order valence-corrected chi connectivity index (χ0v) is 18.3. The van der Waals surface area contributed by atoms with E-state index in [1.807, 2.05) is 23.6 Å². The lowest BCUT2D eigenvalue weighted by Crippen LogP contribution is -2.36. The highest BCUT2D eigenvalue weighted by Gasteiger charge is 2.22. The van der Waals surface area contributed by atoms with E-state index in [1.54, 1.807) is 19.2 Å². The van der Waals surface area contributed by atoms with E-state index in [1.165, 1.54) is 23.7 Å². The molecule has 1 unspecified atom stereocenters. The van der Waals surface area contributed by atoms with Crippen molar-refractivity contribution in [3.8, 4) is 11.3 Å². The number of halogens is 1. The smallest absolute Gasteiger partial charge is 0.134 e. The Kier molecular flexibility index (Phi) is 5.63. The van der Waals surface area contributed by atoms with Crippen LogP contribution >= 0.6 is 11.3 Å². The van der Waals surface area contributed by atoms with E-state index < -0.39 is 5.92 Å². The minimum atomic E-state index is -0.546. The van der Waals surface area contributed by atoms with Crippen molar-refractivity contribution in [3.63, 3.8) is 0 Å². The second kappa shape index (κ2) is 8.72. The molecule has 6 nitrogen and oxygen atoms in total. The number of anilines is 1. The number of aromatic nitrogens is 3. The molecular weight excluding hydrogens is 427 g/mol. The van der Waals surface area contributed by atoms with Gasteiger partial charge in [-0.25, -0.2) is 19.3 Å². The predicted molar refractivity (Wildman–Crippen MR) is 123 cm³/mol. The Hall–Kier alpha value is -3.23. The average molecular weight is 449 g/mol. The van der Waals surface area contributed by atoms with Crippen LogP contribution in [0.2, 0.25) is 0 Å². The number of hydrogen-bond acceptors (Lipinski definition) is 7. The van der Waals surface area contributed by atoms with Gasteiger partial charge in [-0.2, -0.15) is 0 Å². The molecule has 0 radical (unpaired) electrons. The molecule has 4 aromatic rings. The van der Waals surface area contributed by atoms with Gasteiger partial charge in [0.2, 0.25) is 0 Å². The van der Waals surface area contributed by atoms with Gasteiger partial charge >= 0.3 is 0 Å². The van der Waals surface area contributed by atoms with Crippen molar-refractivity contribution in [2.45, 2.75) is 12.8 Å². The van der Waals surface area contributed by atoms with Crippen LogP contribution in [0, 0.1) is 12.7 Å². The third-order valence-electron chi connectivity index (χ3n) is 5.80. The van der Waals surface area contributed by atoms with Crippen LogP contribution in [0.25, 0.3) is 22.2 Å². The van der Waals surface area contributed by atoms with Crippen molar-refractivity contribution < 1.29 is 13.9 Å². The number of nitrogens with zero attached hydrogens (tertiary/aromatic N) is 4. The molecule has 0 N–H and O–H groups in total. The number of carbonyl (C=O) groups excluding carboxylic acids is 1. The number of aryl methyl sites for hydroxylation is 1. The standard InChI is InChI=1S/C24H21FN4O2S/c1-15-10-21(25)19(12-18(15)20(13-30)24-26-4-9-32-24)23-17-3-2-16(11-22(17)27-14-28-23)29-5-7-31-8-6-29/h2-4,9-14,20H,5-8H2,1H3. The third-order valence-corrected chi connectivity index (χ3v) is 6.65. The lowest BCUT2D eigenvalue weighted by molar-refractivity contribution is -0.108. The van der Waals surface area contributed by atoms with Gasteiger partial charge < -0.3 is 14.4 Å². The molecule has 3 heterocycles. The molecule has 1 atom stereocenters. The zero-order valence-electron chi connectivity index (χ0n) is 17.5. The quantitative estimate of drug-likeness (QED) is 0.423. The molecule has 0 saturated carbocycles. The van der Waals surface area contributed by atoms with Gasteiger partial charge in [0.05, 0.1) is 30.3 Å². The summed E-state index contributed by atoms with van der Waals surface area (Å²) in [5.74, 6) is -0.928. The number of rotatable bonds is 5. The number of ether oxygens (including phenoxy) is 1. The van der Waals surface area contributed by atoms with Crippen LogP contribution in [0.5, 0.6) is 0 Å². The van der Waals surface area contributed by atoms with Crippen LogP contribution < -0.4 is 4.90 Å². The van der Waals surface area contributed by atoms with Gasteiger partial charge in [0.1, 0.15) is 23.4 Å². The Labute approximate surface area is 188 Å². The van der Waals surface area contributed by atoms with Gasteiger partial charge in [-0.05, 0) is 48.4 Å². The summed E-state index contributed by atoms with van der Waals surface area (Å²) in [6.45, 7) is 4.84. The Bertz CT molecular complexity index is 1270. The van der Waals surface area contributed by atoms with E-state index in [0.29, 0.717) is 35.0 Å². The third kappa shape index (κ3) is 3.76. The molecule has 0 aliphatic carbocycles. The lowest BCUT2D eigenvalue weighted by atomic mass is 9.92. The maximum atomic E-state index is 15.1. The first kappa shape index (κ1) is 20.7. The molecule has 0 bridgehead atoms. The van der Waals surface area contributed by atoms with E-state index >= 15 is 4.39 Å². The van der Waals surface area contributed by atoms with Gasteiger partial charge in [-0.3, -0.25) is 0 Å². The fourth-order valence-electron chi connectivity index (χ4n) is 4.14. The number of aldehydes is 1. The number of thiazole rings is 1. The average Bonchev–Trinajstić information content (AvgIpc) is 3.35. The SMILES string of the molecule is Cc1cc(F)c(-c2ncnc3cc(N4CCOCC4)ccc23)cc1C(C=O)c1nccs1. The monoisotopic (exact) mass is 448 g/mol. The summed E-state index contributed by atoms with van der Waals surface area (Å²) in [6.07, 6.45) is 3.98. The second-order valence-corrected chi connectivity index (χ2v) is 8.62. The first-order valence-electron chi connectivity index (χ1n) is 10.4. The summed E-state index contributed by atoms with van der Waals surface area (Å²) in [7, 11) is 0. The largest absolute Gasteiger partial charge is 0.378 e. The molecule has 2 aromatic heterocycles.